The topological polar surface area (TPSA) is 68.4 Å². The summed E-state index contributed by atoms with van der Waals surface area (Å²) in [6.45, 7) is 2.08. The van der Waals surface area contributed by atoms with Crippen molar-refractivity contribution < 1.29 is 4.92 Å². The molecule has 0 saturated heterocycles. The Balaban J connectivity index is 1.55. The summed E-state index contributed by atoms with van der Waals surface area (Å²) in [5.74, 6) is 0. The van der Waals surface area contributed by atoms with Crippen molar-refractivity contribution in [3.05, 3.63) is 75.2 Å². The first-order valence-corrected chi connectivity index (χ1v) is 9.48. The van der Waals surface area contributed by atoms with Crippen LogP contribution in [0.5, 0.6) is 0 Å². The molecule has 0 fully saturated rings. The molecule has 2 aromatic heterocycles. The first-order valence-electron chi connectivity index (χ1n) is 7.84. The van der Waals surface area contributed by atoms with Crippen molar-refractivity contribution in [2.45, 2.75) is 6.92 Å². The molecule has 0 atom stereocenters. The number of fused-ring (bicyclic) bond motifs is 1. The van der Waals surface area contributed by atoms with Crippen LogP contribution in [0.3, 0.4) is 0 Å². The summed E-state index contributed by atoms with van der Waals surface area (Å²) in [6, 6.07) is 17.3. The van der Waals surface area contributed by atoms with Crippen LogP contribution >= 0.6 is 22.7 Å². The molecule has 4 rings (SSSR count). The van der Waals surface area contributed by atoms with E-state index in [1.54, 1.807) is 23.6 Å². The molecule has 128 valence electrons. The third-order valence-corrected chi connectivity index (χ3v) is 5.83. The summed E-state index contributed by atoms with van der Waals surface area (Å²) in [5.41, 5.74) is 4.08. The molecule has 0 unspecified atom stereocenters. The van der Waals surface area contributed by atoms with Crippen LogP contribution < -0.4 is 0 Å². The minimum atomic E-state index is -0.393. The average molecular weight is 379 g/mol. The number of nitrogens with zero attached hydrogens (tertiary/aromatic N) is 3. The van der Waals surface area contributed by atoms with Crippen molar-refractivity contribution in [3.63, 3.8) is 0 Å². The van der Waals surface area contributed by atoms with E-state index in [9.17, 15) is 10.1 Å². The molecule has 7 heteroatoms. The van der Waals surface area contributed by atoms with Crippen LogP contribution in [0.4, 0.5) is 10.7 Å². The van der Waals surface area contributed by atoms with Crippen LogP contribution in [0.25, 0.3) is 20.8 Å². The number of rotatable bonds is 4. The van der Waals surface area contributed by atoms with Gasteiger partial charge in [0.2, 0.25) is 0 Å². The van der Waals surface area contributed by atoms with Gasteiger partial charge in [0, 0.05) is 17.8 Å². The van der Waals surface area contributed by atoms with E-state index in [1.807, 2.05) is 30.3 Å². The molecular weight excluding hydrogens is 366 g/mol. The van der Waals surface area contributed by atoms with Gasteiger partial charge >= 0.3 is 5.00 Å². The first-order chi connectivity index (χ1) is 12.6. The van der Waals surface area contributed by atoms with Crippen molar-refractivity contribution in [2.75, 3.05) is 0 Å². The molecule has 4 aromatic rings. The molecule has 5 nitrogen and oxygen atoms in total. The number of aryl methyl sites for hydroxylation is 1. The lowest BCUT2D eigenvalue weighted by molar-refractivity contribution is -0.380. The number of benzene rings is 2. The van der Waals surface area contributed by atoms with Crippen LogP contribution in [0.1, 0.15) is 10.4 Å². The first kappa shape index (κ1) is 16.6. The number of hydrogen-bond acceptors (Lipinski definition) is 6. The fraction of sp³-hybridized carbons (Fsp3) is 0.0526. The number of hydrogen-bond donors (Lipinski definition) is 0. The largest absolute Gasteiger partial charge is 0.324 e. The molecule has 0 radical (unpaired) electrons. The van der Waals surface area contributed by atoms with Crippen molar-refractivity contribution in [1.82, 2.24) is 4.98 Å². The molecule has 2 heterocycles. The average Bonchev–Trinajstić information content (AvgIpc) is 3.27. The summed E-state index contributed by atoms with van der Waals surface area (Å²) in [4.78, 5) is 20.1. The molecule has 0 N–H and O–H groups in total. The summed E-state index contributed by atoms with van der Waals surface area (Å²) >= 11 is 2.78. The molecule has 0 amide bonds. The zero-order valence-corrected chi connectivity index (χ0v) is 15.4. The Kier molecular flexibility index (Phi) is 4.32. The van der Waals surface area contributed by atoms with E-state index >= 15 is 0 Å². The summed E-state index contributed by atoms with van der Waals surface area (Å²) in [6.07, 6.45) is 1.65. The zero-order chi connectivity index (χ0) is 18.1. The second-order valence-electron chi connectivity index (χ2n) is 5.73. The van der Waals surface area contributed by atoms with Gasteiger partial charge in [0.05, 0.1) is 25.7 Å². The number of thiazole rings is 1. The van der Waals surface area contributed by atoms with Gasteiger partial charge in [-0.25, -0.2) is 4.98 Å². The third-order valence-electron chi connectivity index (χ3n) is 3.79. The summed E-state index contributed by atoms with van der Waals surface area (Å²) in [7, 11) is 0. The minimum Gasteiger partial charge on any atom is -0.258 e. The fourth-order valence-electron chi connectivity index (χ4n) is 2.49. The Bertz CT molecular complexity index is 1130. The molecule has 26 heavy (non-hydrogen) atoms. The van der Waals surface area contributed by atoms with Gasteiger partial charge in [-0.3, -0.25) is 15.1 Å². The normalized spacial score (nSPS) is 11.4. The van der Waals surface area contributed by atoms with E-state index in [-0.39, 0.29) is 5.00 Å². The maximum Gasteiger partial charge on any atom is 0.324 e. The highest BCUT2D eigenvalue weighted by Gasteiger charge is 2.08. The van der Waals surface area contributed by atoms with Gasteiger partial charge in [0.15, 0.2) is 0 Å². The molecule has 0 spiro atoms. The second-order valence-corrected chi connectivity index (χ2v) is 7.85. The predicted molar refractivity (Wildman–Crippen MR) is 108 cm³/mol. The summed E-state index contributed by atoms with van der Waals surface area (Å²) in [5, 5.41) is 11.8. The third kappa shape index (κ3) is 3.40. The SMILES string of the molecule is Cc1ccc2nc(-c3ccc(N=Cc4ccc([N+](=O)[O-])s4)cc3)sc2c1. The van der Waals surface area contributed by atoms with Crippen LogP contribution in [-0.2, 0) is 0 Å². The quantitative estimate of drug-likeness (QED) is 0.248. The molecular formula is C19H13N3O2S2. The number of aliphatic imine (C=N–C) groups is 1. The Labute approximate surface area is 157 Å². The van der Waals surface area contributed by atoms with Gasteiger partial charge in [-0.1, -0.05) is 17.4 Å². The number of nitro groups is 1. The van der Waals surface area contributed by atoms with Crippen LogP contribution in [0.2, 0.25) is 0 Å². The lowest BCUT2D eigenvalue weighted by Crippen LogP contribution is -1.80. The highest BCUT2D eigenvalue weighted by Crippen LogP contribution is 2.31. The van der Waals surface area contributed by atoms with E-state index in [0.717, 1.165) is 38.0 Å². The monoisotopic (exact) mass is 379 g/mol. The van der Waals surface area contributed by atoms with Crippen molar-refractivity contribution in [3.8, 4) is 10.6 Å². The lowest BCUT2D eigenvalue weighted by atomic mass is 10.2. The van der Waals surface area contributed by atoms with Crippen molar-refractivity contribution in [1.29, 1.82) is 0 Å². The van der Waals surface area contributed by atoms with E-state index in [1.165, 1.54) is 16.3 Å². The van der Waals surface area contributed by atoms with Crippen LogP contribution in [0.15, 0.2) is 59.6 Å². The minimum absolute atomic E-state index is 0.118. The molecule has 0 aliphatic carbocycles. The molecule has 2 aromatic carbocycles. The smallest absolute Gasteiger partial charge is 0.258 e. The highest BCUT2D eigenvalue weighted by atomic mass is 32.1. The fourth-order valence-corrected chi connectivity index (χ4v) is 4.26. The van der Waals surface area contributed by atoms with Gasteiger partial charge in [0.25, 0.3) is 0 Å². The number of thiophene rings is 1. The maximum absolute atomic E-state index is 10.7. The van der Waals surface area contributed by atoms with Gasteiger partial charge in [-0.05, 0) is 55.0 Å². The summed E-state index contributed by atoms with van der Waals surface area (Å²) < 4.78 is 1.18. The Morgan fingerprint density at radius 1 is 1.08 bits per heavy atom. The van der Waals surface area contributed by atoms with Gasteiger partial charge in [-0.2, -0.15) is 0 Å². The van der Waals surface area contributed by atoms with E-state index < -0.39 is 4.92 Å². The van der Waals surface area contributed by atoms with Gasteiger partial charge in [-0.15, -0.1) is 11.3 Å². The van der Waals surface area contributed by atoms with E-state index in [4.69, 9.17) is 0 Å². The van der Waals surface area contributed by atoms with Crippen molar-refractivity contribution >= 4 is 49.8 Å². The molecule has 0 aliphatic rings. The molecule has 0 bridgehead atoms. The van der Waals surface area contributed by atoms with Crippen LogP contribution in [0, 0.1) is 17.0 Å². The number of aromatic nitrogens is 1. The standard InChI is InChI=1S/C19H13N3O2S2/c1-12-2-8-16-17(10-12)26-19(21-16)13-3-5-14(6-4-13)20-11-15-7-9-18(25-15)22(23)24/h2-11H,1H3. The van der Waals surface area contributed by atoms with E-state index in [0.29, 0.717) is 0 Å². The highest BCUT2D eigenvalue weighted by molar-refractivity contribution is 7.21. The van der Waals surface area contributed by atoms with Gasteiger partial charge < -0.3 is 0 Å². The Morgan fingerprint density at radius 3 is 2.62 bits per heavy atom. The van der Waals surface area contributed by atoms with E-state index in [2.05, 4.69) is 29.0 Å². The Morgan fingerprint density at radius 2 is 1.88 bits per heavy atom. The molecule has 0 saturated carbocycles. The van der Waals surface area contributed by atoms with Crippen molar-refractivity contribution in [2.24, 2.45) is 4.99 Å². The van der Waals surface area contributed by atoms with Gasteiger partial charge in [0.1, 0.15) is 5.01 Å². The zero-order valence-electron chi connectivity index (χ0n) is 13.7. The Hall–Kier alpha value is -2.90. The lowest BCUT2D eigenvalue weighted by Gasteiger charge is -1.97. The predicted octanol–water partition coefficient (Wildman–Crippen LogP) is 5.99. The van der Waals surface area contributed by atoms with Crippen LogP contribution in [-0.4, -0.2) is 16.1 Å². The second kappa shape index (κ2) is 6.78. The maximum atomic E-state index is 10.7. The molecule has 0 aliphatic heterocycles.